The maximum absolute atomic E-state index is 11.9. The van der Waals surface area contributed by atoms with Crippen LogP contribution in [0, 0.1) is 0 Å². The zero-order chi connectivity index (χ0) is 16.2. The van der Waals surface area contributed by atoms with E-state index in [0.717, 1.165) is 5.22 Å². The van der Waals surface area contributed by atoms with Crippen molar-refractivity contribution in [3.05, 3.63) is 70.2 Å². The summed E-state index contributed by atoms with van der Waals surface area (Å²) in [5.41, 5.74) is 2.43. The Bertz CT molecular complexity index is 986. The van der Waals surface area contributed by atoms with Gasteiger partial charge in [-0.2, -0.15) is 0 Å². The fourth-order valence-electron chi connectivity index (χ4n) is 2.04. The molecule has 112 valence electrons. The summed E-state index contributed by atoms with van der Waals surface area (Å²) in [6.07, 6.45) is 1.60. The van der Waals surface area contributed by atoms with Crippen LogP contribution in [0.25, 0.3) is 6.08 Å². The molecular formula is C17H11N3O3. The minimum Gasteiger partial charge on any atom is -0.507 e. The van der Waals surface area contributed by atoms with Crippen LogP contribution in [0.2, 0.25) is 0 Å². The molecule has 0 bridgehead atoms. The molecule has 0 aliphatic carbocycles. The van der Waals surface area contributed by atoms with Crippen molar-refractivity contribution in [2.45, 2.75) is 0 Å². The number of benzene rings is 2. The van der Waals surface area contributed by atoms with Gasteiger partial charge >= 0.3 is 0 Å². The van der Waals surface area contributed by atoms with Gasteiger partial charge in [-0.3, -0.25) is 9.59 Å². The first-order valence-electron chi connectivity index (χ1n) is 6.76. The Labute approximate surface area is 130 Å². The highest BCUT2D eigenvalue weighted by Gasteiger charge is 2.11. The highest BCUT2D eigenvalue weighted by atomic mass is 16.3. The molecule has 0 saturated heterocycles. The van der Waals surface area contributed by atoms with E-state index < -0.39 is 11.8 Å². The number of fused-ring (bicyclic) bond motifs is 1. The molecule has 2 aromatic carbocycles. The molecule has 2 N–H and O–H groups in total. The van der Waals surface area contributed by atoms with Crippen molar-refractivity contribution in [1.29, 1.82) is 0 Å². The van der Waals surface area contributed by atoms with Crippen molar-refractivity contribution in [2.24, 2.45) is 10.1 Å². The topological polar surface area (TPSA) is 91.1 Å². The Morgan fingerprint density at radius 2 is 1.87 bits per heavy atom. The van der Waals surface area contributed by atoms with Crippen LogP contribution in [-0.2, 0) is 4.79 Å². The average molecular weight is 305 g/mol. The van der Waals surface area contributed by atoms with Crippen molar-refractivity contribution in [1.82, 2.24) is 5.43 Å². The quantitative estimate of drug-likeness (QED) is 0.474. The number of para-hydroxylation sites is 2. The number of nitrogens with zero attached hydrogens (tertiary/aromatic N) is 2. The van der Waals surface area contributed by atoms with Crippen LogP contribution in [-0.4, -0.2) is 22.8 Å². The van der Waals surface area contributed by atoms with Crippen molar-refractivity contribution in [3.63, 3.8) is 0 Å². The van der Waals surface area contributed by atoms with Gasteiger partial charge < -0.3 is 5.11 Å². The van der Waals surface area contributed by atoms with E-state index in [0.29, 0.717) is 5.36 Å². The predicted octanol–water partition coefficient (Wildman–Crippen LogP) is 0.274. The zero-order valence-corrected chi connectivity index (χ0v) is 11.9. The molecule has 6 nitrogen and oxygen atoms in total. The summed E-state index contributed by atoms with van der Waals surface area (Å²) in [5, 5.41) is 14.6. The predicted molar refractivity (Wildman–Crippen MR) is 83.2 cm³/mol. The van der Waals surface area contributed by atoms with Gasteiger partial charge in [-0.05, 0) is 24.3 Å². The van der Waals surface area contributed by atoms with Crippen molar-refractivity contribution < 1.29 is 14.7 Å². The molecule has 3 rings (SSSR count). The molecule has 1 aliphatic rings. The van der Waals surface area contributed by atoms with Gasteiger partial charge in [-0.1, -0.05) is 30.3 Å². The smallest absolute Gasteiger partial charge is 0.287 e. The third-order valence-corrected chi connectivity index (χ3v) is 3.17. The van der Waals surface area contributed by atoms with E-state index in [1.54, 1.807) is 30.3 Å². The van der Waals surface area contributed by atoms with Crippen LogP contribution in [0.1, 0.15) is 10.4 Å². The lowest BCUT2D eigenvalue weighted by atomic mass is 10.1. The van der Waals surface area contributed by atoms with Gasteiger partial charge in [0.25, 0.3) is 11.8 Å². The number of hydrazone groups is 1. The Morgan fingerprint density at radius 1 is 1.13 bits per heavy atom. The van der Waals surface area contributed by atoms with Gasteiger partial charge in [0.2, 0.25) is 0 Å². The van der Waals surface area contributed by atoms with Crippen molar-refractivity contribution in [3.8, 4) is 5.75 Å². The Hall–Kier alpha value is -3.50. The second-order valence-corrected chi connectivity index (χ2v) is 4.72. The third-order valence-electron chi connectivity index (χ3n) is 3.17. The standard InChI is InChI=1S/C17H11N3O3/c21-15-8-4-2-6-13(15)17(23)20-18-10-12-9-11-5-1-3-7-14(11)19-16(12)22/h1-9,21H,(H,20,23). The molecule has 0 saturated carbocycles. The second kappa shape index (κ2) is 6.09. The molecule has 2 amide bonds. The minimum absolute atomic E-state index is 0.0806. The number of aromatic hydroxyl groups is 1. The number of hydrogen-bond acceptors (Lipinski definition) is 4. The third kappa shape index (κ3) is 3.07. The molecule has 0 radical (unpaired) electrons. The summed E-state index contributed by atoms with van der Waals surface area (Å²) in [6, 6.07) is 13.2. The number of hydrogen-bond donors (Lipinski definition) is 2. The second-order valence-electron chi connectivity index (χ2n) is 4.72. The number of nitrogens with one attached hydrogen (secondary N) is 1. The molecule has 0 atom stereocenters. The molecule has 0 unspecified atom stereocenters. The summed E-state index contributed by atoms with van der Waals surface area (Å²) < 4.78 is 0. The van der Waals surface area contributed by atoms with Crippen LogP contribution in [0.4, 0.5) is 0 Å². The van der Waals surface area contributed by atoms with Gasteiger partial charge in [0.05, 0.1) is 10.9 Å². The monoisotopic (exact) mass is 305 g/mol. The maximum Gasteiger partial charge on any atom is 0.287 e. The molecule has 0 spiro atoms. The SMILES string of the molecule is O=C1N=c2ccccc2=CC1=C=NNC(=O)c1ccccc1O. The van der Waals surface area contributed by atoms with E-state index in [-0.39, 0.29) is 16.9 Å². The van der Waals surface area contributed by atoms with Gasteiger partial charge in [0.1, 0.15) is 11.3 Å². The van der Waals surface area contributed by atoms with E-state index in [1.165, 1.54) is 12.1 Å². The van der Waals surface area contributed by atoms with Crippen LogP contribution in [0.15, 0.2) is 64.2 Å². The first-order chi connectivity index (χ1) is 11.1. The maximum atomic E-state index is 11.9. The first kappa shape index (κ1) is 14.4. The van der Waals surface area contributed by atoms with Crippen molar-refractivity contribution >= 4 is 23.8 Å². The van der Waals surface area contributed by atoms with Crippen LogP contribution in [0.5, 0.6) is 5.75 Å². The van der Waals surface area contributed by atoms with Gasteiger partial charge in [0.15, 0.2) is 0 Å². The van der Waals surface area contributed by atoms with E-state index >= 15 is 0 Å². The normalized spacial score (nSPS) is 12.3. The summed E-state index contributed by atoms with van der Waals surface area (Å²) in [6.45, 7) is 0. The number of rotatable bonds is 2. The largest absolute Gasteiger partial charge is 0.507 e. The molecule has 6 heteroatoms. The fraction of sp³-hybridized carbons (Fsp3) is 0. The zero-order valence-electron chi connectivity index (χ0n) is 11.9. The lowest BCUT2D eigenvalue weighted by molar-refractivity contribution is -0.114. The lowest BCUT2D eigenvalue weighted by Crippen LogP contribution is -2.30. The van der Waals surface area contributed by atoms with Crippen molar-refractivity contribution in [2.75, 3.05) is 0 Å². The number of phenols is 1. The van der Waals surface area contributed by atoms with Gasteiger partial charge in [-0.25, -0.2) is 10.4 Å². The summed E-state index contributed by atoms with van der Waals surface area (Å²) in [5.74, 6) is 1.22. The van der Waals surface area contributed by atoms with Gasteiger partial charge in [0, 0.05) is 11.1 Å². The fourth-order valence-corrected chi connectivity index (χ4v) is 2.04. The van der Waals surface area contributed by atoms with Crippen LogP contribution in [0.3, 0.4) is 0 Å². The number of amides is 2. The minimum atomic E-state index is -0.600. The van der Waals surface area contributed by atoms with E-state index in [9.17, 15) is 14.7 Å². The highest BCUT2D eigenvalue weighted by molar-refractivity contribution is 6.10. The van der Waals surface area contributed by atoms with E-state index in [1.807, 2.05) is 12.1 Å². The van der Waals surface area contributed by atoms with Crippen LogP contribution >= 0.6 is 0 Å². The lowest BCUT2D eigenvalue weighted by Gasteiger charge is -2.01. The molecule has 0 fully saturated rings. The Balaban J connectivity index is 1.86. The number of carbonyl (C=O) groups is 2. The number of carbonyl (C=O) groups excluding carboxylic acids is 2. The van der Waals surface area contributed by atoms with E-state index in [2.05, 4.69) is 21.4 Å². The Kier molecular flexibility index (Phi) is 3.82. The number of phenolic OH excluding ortho intramolecular Hbond substituents is 1. The summed E-state index contributed by atoms with van der Waals surface area (Å²) >= 11 is 0. The summed E-state index contributed by atoms with van der Waals surface area (Å²) in [7, 11) is 0. The van der Waals surface area contributed by atoms with Crippen LogP contribution < -0.4 is 16.0 Å². The molecular weight excluding hydrogens is 294 g/mol. The molecule has 23 heavy (non-hydrogen) atoms. The molecule has 2 aromatic rings. The average Bonchev–Trinajstić information content (AvgIpc) is 2.55. The van der Waals surface area contributed by atoms with Gasteiger partial charge in [-0.15, -0.1) is 5.10 Å². The Morgan fingerprint density at radius 3 is 2.70 bits per heavy atom. The highest BCUT2D eigenvalue weighted by Crippen LogP contribution is 2.14. The molecule has 1 aliphatic heterocycles. The molecule has 0 aromatic heterocycles. The van der Waals surface area contributed by atoms with E-state index in [4.69, 9.17) is 0 Å². The summed E-state index contributed by atoms with van der Waals surface area (Å²) in [4.78, 5) is 27.6. The first-order valence-corrected chi connectivity index (χ1v) is 6.76. The molecule has 1 heterocycles.